The second kappa shape index (κ2) is 9.24. The van der Waals surface area contributed by atoms with Crippen molar-refractivity contribution in [3.05, 3.63) is 115 Å². The van der Waals surface area contributed by atoms with Crippen molar-refractivity contribution in [3.63, 3.8) is 0 Å². The normalized spacial score (nSPS) is 17.0. The van der Waals surface area contributed by atoms with Crippen LogP contribution in [0.5, 0.6) is 0 Å². The van der Waals surface area contributed by atoms with Crippen LogP contribution in [0.4, 0.5) is 14.9 Å². The monoisotopic (exact) mass is 542 g/mol. The van der Waals surface area contributed by atoms with E-state index in [1.165, 1.54) is 28.0 Å². The highest BCUT2D eigenvalue weighted by molar-refractivity contribution is 6.31. The van der Waals surface area contributed by atoms with Gasteiger partial charge in [0.1, 0.15) is 5.82 Å². The molecule has 1 fully saturated rings. The van der Waals surface area contributed by atoms with Gasteiger partial charge in [0.15, 0.2) is 6.17 Å². The number of amides is 2. The number of aromatic nitrogens is 2. The lowest BCUT2D eigenvalue weighted by molar-refractivity contribution is 0.0931. The van der Waals surface area contributed by atoms with E-state index in [0.29, 0.717) is 21.3 Å². The fraction of sp³-hybridized carbons (Fsp3) is 0.192. The minimum absolute atomic E-state index is 0.119. The number of nitrogens with zero attached hydrogens (tertiary/aromatic N) is 4. The molecule has 11 heteroatoms. The molecule has 1 saturated heterocycles. The number of halogens is 3. The van der Waals surface area contributed by atoms with Crippen LogP contribution in [0.15, 0.2) is 86.9 Å². The minimum Gasteiger partial charge on any atom is -0.314 e. The molecular formula is C26H21Cl2FN4O4. The van der Waals surface area contributed by atoms with Crippen LogP contribution < -0.4 is 16.3 Å². The van der Waals surface area contributed by atoms with Gasteiger partial charge in [0, 0.05) is 22.3 Å². The summed E-state index contributed by atoms with van der Waals surface area (Å²) in [7, 11) is 0. The largest absolute Gasteiger partial charge is 0.447 e. The Morgan fingerprint density at radius 1 is 0.892 bits per heavy atom. The number of anilines is 1. The molecule has 2 heterocycles. The zero-order valence-electron chi connectivity index (χ0n) is 19.8. The Bertz CT molecular complexity index is 1610. The fourth-order valence-corrected chi connectivity index (χ4v) is 4.95. The second-order valence-electron chi connectivity index (χ2n) is 9.15. The molecule has 1 aliphatic rings. The quantitative estimate of drug-likeness (QED) is 0.335. The Morgan fingerprint density at radius 2 is 1.49 bits per heavy atom. The second-order valence-corrected chi connectivity index (χ2v) is 10.0. The smallest absolute Gasteiger partial charge is 0.314 e. The van der Waals surface area contributed by atoms with Crippen molar-refractivity contribution >= 4 is 34.9 Å². The summed E-state index contributed by atoms with van der Waals surface area (Å²) >= 11 is 12.3. The molecule has 1 aliphatic heterocycles. The highest BCUT2D eigenvalue weighted by atomic mass is 35.5. The lowest BCUT2D eigenvalue weighted by Crippen LogP contribution is -2.46. The van der Waals surface area contributed by atoms with Gasteiger partial charge in [-0.2, -0.15) is 4.57 Å². The maximum absolute atomic E-state index is 13.9. The van der Waals surface area contributed by atoms with Crippen LogP contribution in [-0.4, -0.2) is 25.8 Å². The molecule has 8 nitrogen and oxygen atoms in total. The molecule has 0 unspecified atom stereocenters. The van der Waals surface area contributed by atoms with E-state index >= 15 is 0 Å². The van der Waals surface area contributed by atoms with E-state index in [0.717, 1.165) is 9.31 Å². The maximum atomic E-state index is 13.9. The maximum Gasteiger partial charge on any atom is 0.447 e. The molecule has 0 spiro atoms. The average molecular weight is 543 g/mol. The molecule has 0 saturated carbocycles. The number of rotatable bonds is 5. The van der Waals surface area contributed by atoms with Crippen molar-refractivity contribution in [2.75, 3.05) is 4.90 Å². The topological polar surface area (TPSA) is 80.7 Å². The third kappa shape index (κ3) is 4.34. The molecule has 1 aromatic heterocycles. The zero-order chi connectivity index (χ0) is 26.5. The van der Waals surface area contributed by atoms with Crippen LogP contribution in [0.1, 0.15) is 25.6 Å². The molecule has 3 aromatic carbocycles. The van der Waals surface area contributed by atoms with Crippen LogP contribution in [-0.2, 0) is 6.54 Å². The van der Waals surface area contributed by atoms with E-state index in [2.05, 4.69) is 0 Å². The van der Waals surface area contributed by atoms with Crippen LogP contribution in [0, 0.1) is 5.82 Å². The first-order valence-corrected chi connectivity index (χ1v) is 12.0. The highest BCUT2D eigenvalue weighted by Crippen LogP contribution is 2.43. The molecule has 4 aromatic rings. The van der Waals surface area contributed by atoms with Gasteiger partial charge in [0.2, 0.25) is 0 Å². The molecule has 5 rings (SSSR count). The Hall–Kier alpha value is -3.82. The summed E-state index contributed by atoms with van der Waals surface area (Å²) < 4.78 is 20.7. The average Bonchev–Trinajstić information content (AvgIpc) is 3.24. The molecular weight excluding hydrogens is 522 g/mol. The van der Waals surface area contributed by atoms with Gasteiger partial charge in [-0.15, -0.1) is 4.74 Å². The Balaban J connectivity index is 1.67. The standard InChI is InChI=1S/C26H21Cl2FN4O4/c1-26(2)22(33-24(35)32(25(36)37-33)21-8-4-6-18(28)14-21)31(20-7-3-5-17(27)13-20)23(34)30(26)15-16-9-11-19(29)12-10-16/h3-14,22H,15H2,1-2H3/t22-/m1/s1. The third-order valence-corrected chi connectivity index (χ3v) is 6.85. The van der Waals surface area contributed by atoms with Gasteiger partial charge in [-0.25, -0.2) is 18.8 Å². The van der Waals surface area contributed by atoms with Gasteiger partial charge in [-0.05, 0) is 67.9 Å². The molecule has 1 atom stereocenters. The Labute approximate surface area is 220 Å². The van der Waals surface area contributed by atoms with E-state index in [9.17, 15) is 18.8 Å². The Kier molecular flexibility index (Phi) is 6.21. The minimum atomic E-state index is -1.08. The van der Waals surface area contributed by atoms with Crippen molar-refractivity contribution in [3.8, 4) is 5.69 Å². The van der Waals surface area contributed by atoms with Crippen LogP contribution in [0.2, 0.25) is 10.0 Å². The molecule has 0 bridgehead atoms. The summed E-state index contributed by atoms with van der Waals surface area (Å²) in [5.74, 6) is -1.33. The van der Waals surface area contributed by atoms with Crippen molar-refractivity contribution in [1.82, 2.24) is 14.2 Å². The van der Waals surface area contributed by atoms with Gasteiger partial charge in [0.05, 0.1) is 11.2 Å². The van der Waals surface area contributed by atoms with Crippen molar-refractivity contribution < 1.29 is 13.7 Å². The lowest BCUT2D eigenvalue weighted by Gasteiger charge is -2.34. The predicted molar refractivity (Wildman–Crippen MR) is 138 cm³/mol. The molecule has 0 radical (unpaired) electrons. The summed E-state index contributed by atoms with van der Waals surface area (Å²) in [5, 5.41) is 0.711. The van der Waals surface area contributed by atoms with Gasteiger partial charge >= 0.3 is 17.5 Å². The molecule has 2 amide bonds. The summed E-state index contributed by atoms with van der Waals surface area (Å²) in [6.07, 6.45) is -1.07. The van der Waals surface area contributed by atoms with E-state index in [1.54, 1.807) is 68.4 Å². The van der Waals surface area contributed by atoms with Gasteiger partial charge in [0.25, 0.3) is 0 Å². The number of urea groups is 1. The summed E-state index contributed by atoms with van der Waals surface area (Å²) in [6.45, 7) is 3.63. The molecule has 0 aliphatic carbocycles. The molecule has 0 N–H and O–H groups in total. The van der Waals surface area contributed by atoms with Crippen LogP contribution in [0.25, 0.3) is 5.69 Å². The first kappa shape index (κ1) is 24.9. The number of hydrogen-bond donors (Lipinski definition) is 0. The first-order chi connectivity index (χ1) is 17.6. The number of carbonyl (C=O) groups is 1. The predicted octanol–water partition coefficient (Wildman–Crippen LogP) is 5.46. The molecule has 190 valence electrons. The number of carbonyl (C=O) groups excluding carboxylic acids is 1. The van der Waals surface area contributed by atoms with Crippen LogP contribution >= 0.6 is 23.2 Å². The Morgan fingerprint density at radius 3 is 2.11 bits per heavy atom. The van der Waals surface area contributed by atoms with Crippen molar-refractivity contribution in [2.24, 2.45) is 0 Å². The molecule has 37 heavy (non-hydrogen) atoms. The van der Waals surface area contributed by atoms with Gasteiger partial charge in [-0.3, -0.25) is 4.90 Å². The fourth-order valence-electron chi connectivity index (χ4n) is 4.58. The van der Waals surface area contributed by atoms with Gasteiger partial charge < -0.3 is 9.42 Å². The van der Waals surface area contributed by atoms with E-state index < -0.39 is 35.0 Å². The first-order valence-electron chi connectivity index (χ1n) is 11.3. The van der Waals surface area contributed by atoms with Crippen LogP contribution in [0.3, 0.4) is 0 Å². The van der Waals surface area contributed by atoms with Crippen molar-refractivity contribution in [1.29, 1.82) is 0 Å². The van der Waals surface area contributed by atoms with E-state index in [4.69, 9.17) is 27.7 Å². The summed E-state index contributed by atoms with van der Waals surface area (Å²) in [4.78, 5) is 43.3. The van der Waals surface area contributed by atoms with E-state index in [-0.39, 0.29) is 12.2 Å². The van der Waals surface area contributed by atoms with Crippen molar-refractivity contribution in [2.45, 2.75) is 32.1 Å². The summed E-state index contributed by atoms with van der Waals surface area (Å²) in [6, 6.07) is 18.1. The van der Waals surface area contributed by atoms with E-state index in [1.807, 2.05) is 0 Å². The highest BCUT2D eigenvalue weighted by Gasteiger charge is 2.55. The third-order valence-electron chi connectivity index (χ3n) is 6.38. The SMILES string of the molecule is CC1(C)[C@@H](n2oc(=O)n(-c3cccc(Cl)c3)c2=O)N(c2cccc(Cl)c2)C(=O)N1Cc1ccc(F)cc1. The summed E-state index contributed by atoms with van der Waals surface area (Å²) in [5.41, 5.74) is -0.547. The zero-order valence-corrected chi connectivity index (χ0v) is 21.3. The van der Waals surface area contributed by atoms with Gasteiger partial charge in [-0.1, -0.05) is 47.5 Å². The lowest BCUT2D eigenvalue weighted by atomic mass is 9.99. The number of hydrogen-bond acceptors (Lipinski definition) is 4. The number of benzene rings is 3.